The van der Waals surface area contributed by atoms with Crippen molar-refractivity contribution < 1.29 is 19.1 Å². The zero-order valence-corrected chi connectivity index (χ0v) is 20.7. The first-order valence-electron chi connectivity index (χ1n) is 12.2. The SMILES string of the molecule is CC1=C(C(=O)OC2CCCC2)C(c2cccc3c(=O)cc(-c4ccccc4)sc23)C2=C(COC2=O)N1. The fourth-order valence-electron chi connectivity index (χ4n) is 5.44. The summed E-state index contributed by atoms with van der Waals surface area (Å²) in [6, 6.07) is 16.9. The first kappa shape index (κ1) is 22.7. The molecule has 6 nitrogen and oxygen atoms in total. The third-order valence-electron chi connectivity index (χ3n) is 7.16. The van der Waals surface area contributed by atoms with Crippen LogP contribution in [0.15, 0.2) is 81.9 Å². The Balaban J connectivity index is 1.55. The van der Waals surface area contributed by atoms with Gasteiger partial charge in [-0.25, -0.2) is 9.59 Å². The van der Waals surface area contributed by atoms with Gasteiger partial charge in [0.1, 0.15) is 12.7 Å². The van der Waals surface area contributed by atoms with Gasteiger partial charge in [-0.1, -0.05) is 42.5 Å². The lowest BCUT2D eigenvalue weighted by Crippen LogP contribution is -2.31. The molecule has 0 bridgehead atoms. The third-order valence-corrected chi connectivity index (χ3v) is 8.40. The van der Waals surface area contributed by atoms with Gasteiger partial charge < -0.3 is 14.8 Å². The second-order valence-electron chi connectivity index (χ2n) is 9.44. The topological polar surface area (TPSA) is 81.7 Å². The molecule has 1 unspecified atom stereocenters. The van der Waals surface area contributed by atoms with Crippen molar-refractivity contribution in [3.63, 3.8) is 0 Å². The molecule has 1 aliphatic carbocycles. The van der Waals surface area contributed by atoms with E-state index in [4.69, 9.17) is 9.47 Å². The number of benzene rings is 2. The summed E-state index contributed by atoms with van der Waals surface area (Å²) in [6.45, 7) is 1.96. The van der Waals surface area contributed by atoms with Gasteiger partial charge in [0.2, 0.25) is 0 Å². The molecule has 1 N–H and O–H groups in total. The zero-order chi connectivity index (χ0) is 24.8. The summed E-state index contributed by atoms with van der Waals surface area (Å²) in [5.74, 6) is -1.56. The van der Waals surface area contributed by atoms with Crippen LogP contribution in [-0.4, -0.2) is 24.6 Å². The Labute approximate surface area is 212 Å². The average Bonchev–Trinajstić information content (AvgIpc) is 3.53. The van der Waals surface area contributed by atoms with Gasteiger partial charge >= 0.3 is 11.9 Å². The highest BCUT2D eigenvalue weighted by molar-refractivity contribution is 7.21. The zero-order valence-electron chi connectivity index (χ0n) is 19.8. The maximum Gasteiger partial charge on any atom is 0.337 e. The van der Waals surface area contributed by atoms with Crippen LogP contribution in [0.25, 0.3) is 20.5 Å². The van der Waals surface area contributed by atoms with Crippen LogP contribution in [0.4, 0.5) is 0 Å². The molecule has 2 aromatic carbocycles. The number of ether oxygens (including phenoxy) is 2. The number of carbonyl (C=O) groups excluding carboxylic acids is 2. The molecule has 3 aliphatic rings. The van der Waals surface area contributed by atoms with Crippen LogP contribution in [0.2, 0.25) is 0 Å². The highest BCUT2D eigenvalue weighted by Gasteiger charge is 2.43. The van der Waals surface area contributed by atoms with Crippen molar-refractivity contribution in [2.24, 2.45) is 0 Å². The summed E-state index contributed by atoms with van der Waals surface area (Å²) < 4.78 is 12.0. The first-order chi connectivity index (χ1) is 17.5. The molecule has 3 heterocycles. The van der Waals surface area contributed by atoms with E-state index in [1.54, 1.807) is 12.1 Å². The van der Waals surface area contributed by atoms with Gasteiger partial charge in [0.05, 0.1) is 22.8 Å². The van der Waals surface area contributed by atoms with Crippen LogP contribution in [-0.2, 0) is 19.1 Å². The molecule has 0 saturated heterocycles. The lowest BCUT2D eigenvalue weighted by molar-refractivity contribution is -0.144. The number of esters is 2. The molecule has 0 radical (unpaired) electrons. The quantitative estimate of drug-likeness (QED) is 0.498. The van der Waals surface area contributed by atoms with Crippen LogP contribution in [0, 0.1) is 0 Å². The van der Waals surface area contributed by atoms with Crippen molar-refractivity contribution in [2.45, 2.75) is 44.6 Å². The van der Waals surface area contributed by atoms with E-state index in [2.05, 4.69) is 5.32 Å². The summed E-state index contributed by atoms with van der Waals surface area (Å²) in [5, 5.41) is 3.78. The minimum absolute atomic E-state index is 0.0997. The lowest BCUT2D eigenvalue weighted by atomic mass is 9.80. The fourth-order valence-corrected chi connectivity index (χ4v) is 6.66. The molecule has 6 rings (SSSR count). The van der Waals surface area contributed by atoms with Gasteiger partial charge in [-0.2, -0.15) is 0 Å². The number of hydrogen-bond donors (Lipinski definition) is 1. The molecule has 36 heavy (non-hydrogen) atoms. The Kier molecular flexibility index (Phi) is 5.72. The van der Waals surface area contributed by atoms with E-state index in [-0.39, 0.29) is 18.1 Å². The van der Waals surface area contributed by atoms with Crippen molar-refractivity contribution >= 4 is 33.4 Å². The van der Waals surface area contributed by atoms with Crippen LogP contribution >= 0.6 is 11.3 Å². The highest BCUT2D eigenvalue weighted by Crippen LogP contribution is 2.45. The molecule has 1 saturated carbocycles. The Bertz CT molecular complexity index is 1510. The van der Waals surface area contributed by atoms with E-state index >= 15 is 0 Å². The van der Waals surface area contributed by atoms with Gasteiger partial charge in [-0.05, 0) is 49.8 Å². The first-order valence-corrected chi connectivity index (χ1v) is 13.0. The van der Waals surface area contributed by atoms with E-state index < -0.39 is 17.9 Å². The smallest absolute Gasteiger partial charge is 0.337 e. The van der Waals surface area contributed by atoms with Crippen molar-refractivity contribution in [3.05, 3.63) is 92.9 Å². The summed E-state index contributed by atoms with van der Waals surface area (Å²) in [4.78, 5) is 40.6. The van der Waals surface area contributed by atoms with Gasteiger partial charge in [-0.15, -0.1) is 11.3 Å². The van der Waals surface area contributed by atoms with E-state index in [1.807, 2.05) is 49.4 Å². The Morgan fingerprint density at radius 3 is 2.61 bits per heavy atom. The molecule has 0 amide bonds. The van der Waals surface area contributed by atoms with E-state index in [0.29, 0.717) is 27.9 Å². The summed E-state index contributed by atoms with van der Waals surface area (Å²) >= 11 is 1.49. The Morgan fingerprint density at radius 1 is 1.06 bits per heavy atom. The molecular weight excluding hydrogens is 474 g/mol. The maximum atomic E-state index is 13.6. The maximum absolute atomic E-state index is 13.6. The molecule has 2 aliphatic heterocycles. The lowest BCUT2D eigenvalue weighted by Gasteiger charge is -2.29. The van der Waals surface area contributed by atoms with Gasteiger partial charge in [0.15, 0.2) is 5.43 Å². The summed E-state index contributed by atoms with van der Waals surface area (Å²) in [6.07, 6.45) is 3.67. The van der Waals surface area contributed by atoms with Gasteiger partial charge in [0, 0.05) is 26.7 Å². The normalized spacial score (nSPS) is 19.9. The molecular formula is C29H25NO5S. The van der Waals surface area contributed by atoms with Gasteiger partial charge in [0.25, 0.3) is 0 Å². The number of carbonyl (C=O) groups is 2. The number of rotatable bonds is 4. The Morgan fingerprint density at radius 2 is 1.83 bits per heavy atom. The van der Waals surface area contributed by atoms with Crippen molar-refractivity contribution in [1.82, 2.24) is 5.32 Å². The minimum atomic E-state index is -0.685. The average molecular weight is 500 g/mol. The minimum Gasteiger partial charge on any atom is -0.459 e. The third kappa shape index (κ3) is 3.84. The molecule has 3 aromatic rings. The molecule has 1 atom stereocenters. The summed E-state index contributed by atoms with van der Waals surface area (Å²) in [7, 11) is 0. The number of cyclic esters (lactones) is 1. The standard InChI is InChI=1S/C29H25NO5S/c1-16-24(29(33)35-18-10-5-6-11-18)25(26-21(30-16)15-34-28(26)32)20-13-7-12-19-22(31)14-23(36-27(19)20)17-8-3-2-4-9-17/h2-4,7-9,12-14,18,25,30H,5-6,10-11,15H2,1H3. The monoisotopic (exact) mass is 499 g/mol. The second-order valence-corrected chi connectivity index (χ2v) is 10.5. The van der Waals surface area contributed by atoms with Crippen molar-refractivity contribution in [3.8, 4) is 10.4 Å². The van der Waals surface area contributed by atoms with Gasteiger partial charge in [-0.3, -0.25) is 4.79 Å². The predicted molar refractivity (Wildman–Crippen MR) is 138 cm³/mol. The van der Waals surface area contributed by atoms with E-state index in [0.717, 1.165) is 46.4 Å². The number of dihydropyridines is 1. The predicted octanol–water partition coefficient (Wildman–Crippen LogP) is 5.19. The molecule has 1 fully saturated rings. The van der Waals surface area contributed by atoms with Crippen LogP contribution < -0.4 is 10.7 Å². The highest BCUT2D eigenvalue weighted by atomic mass is 32.1. The summed E-state index contributed by atoms with van der Waals surface area (Å²) in [5.41, 5.74) is 3.68. The number of nitrogens with one attached hydrogen (secondary N) is 1. The van der Waals surface area contributed by atoms with E-state index in [1.165, 1.54) is 11.3 Å². The number of allylic oxidation sites excluding steroid dienone is 1. The molecule has 7 heteroatoms. The molecule has 182 valence electrons. The molecule has 0 spiro atoms. The van der Waals surface area contributed by atoms with Crippen molar-refractivity contribution in [2.75, 3.05) is 6.61 Å². The van der Waals surface area contributed by atoms with Crippen LogP contribution in [0.3, 0.4) is 0 Å². The van der Waals surface area contributed by atoms with E-state index in [9.17, 15) is 14.4 Å². The van der Waals surface area contributed by atoms with Crippen LogP contribution in [0.1, 0.15) is 44.1 Å². The van der Waals surface area contributed by atoms with Crippen LogP contribution in [0.5, 0.6) is 0 Å². The fraction of sp³-hybridized carbons (Fsp3) is 0.276. The molecule has 1 aromatic heterocycles. The number of hydrogen-bond acceptors (Lipinski definition) is 7. The Hall–Kier alpha value is -3.71. The van der Waals surface area contributed by atoms with Crippen molar-refractivity contribution in [1.29, 1.82) is 0 Å². The second kappa shape index (κ2) is 9.06. The largest absolute Gasteiger partial charge is 0.459 e. The number of fused-ring (bicyclic) bond motifs is 1.